The Kier molecular flexibility index (Phi) is 9.99. The summed E-state index contributed by atoms with van der Waals surface area (Å²) in [5, 5.41) is 27.5. The van der Waals surface area contributed by atoms with Crippen LogP contribution in [0, 0.1) is 11.2 Å². The number of aryl methyl sites for hydroxylation is 1. The van der Waals surface area contributed by atoms with Gasteiger partial charge in [-0.2, -0.15) is 18.3 Å². The lowest BCUT2D eigenvalue weighted by Crippen LogP contribution is -2.62. The van der Waals surface area contributed by atoms with Crippen molar-refractivity contribution in [3.63, 3.8) is 0 Å². The van der Waals surface area contributed by atoms with Crippen LogP contribution in [-0.4, -0.2) is 92.0 Å². The lowest BCUT2D eigenvalue weighted by atomic mass is 9.74. The lowest BCUT2D eigenvalue weighted by Gasteiger charge is -2.41. The zero-order valence-corrected chi connectivity index (χ0v) is 25.1. The van der Waals surface area contributed by atoms with Gasteiger partial charge in [0.1, 0.15) is 29.4 Å². The number of carbonyl (C=O) groups excluding carboxylic acids is 3. The molecule has 4 amide bonds. The number of amides is 4. The molecule has 4 rings (SSSR count). The number of rotatable bonds is 11. The van der Waals surface area contributed by atoms with E-state index in [-0.39, 0.29) is 50.0 Å². The number of nitrogens with zero attached hydrogens (tertiary/aromatic N) is 4. The van der Waals surface area contributed by atoms with Crippen molar-refractivity contribution in [3.8, 4) is 0 Å². The van der Waals surface area contributed by atoms with Crippen LogP contribution in [0.1, 0.15) is 43.5 Å². The second-order valence-electron chi connectivity index (χ2n) is 11.8. The number of aliphatic hydroxyl groups is 1. The summed E-state index contributed by atoms with van der Waals surface area (Å²) < 4.78 is 54.4. The third-order valence-corrected chi connectivity index (χ3v) is 7.97. The van der Waals surface area contributed by atoms with Gasteiger partial charge in [-0.25, -0.2) is 14.2 Å². The van der Waals surface area contributed by atoms with Gasteiger partial charge in [-0.1, -0.05) is 18.2 Å². The van der Waals surface area contributed by atoms with Crippen LogP contribution in [0.15, 0.2) is 47.7 Å². The summed E-state index contributed by atoms with van der Waals surface area (Å²) >= 11 is 0. The molecule has 1 aromatic carbocycles. The first-order chi connectivity index (χ1) is 21.5. The number of hydrogen-bond donors (Lipinski definition) is 4. The second-order valence-corrected chi connectivity index (χ2v) is 11.8. The Bertz CT molecular complexity index is 1520. The molecule has 0 spiro atoms. The number of aromatic nitrogens is 1. The Morgan fingerprint density at radius 1 is 1.15 bits per heavy atom. The number of nitrogens with one attached hydrogen (secondary N) is 2. The second kappa shape index (κ2) is 13.4. The molecule has 3 heterocycles. The zero-order chi connectivity index (χ0) is 33.9. The Hall–Kier alpha value is -4.60. The van der Waals surface area contributed by atoms with E-state index in [9.17, 15) is 47.0 Å². The number of piperidine rings is 1. The van der Waals surface area contributed by atoms with E-state index in [1.54, 1.807) is 24.3 Å². The smallest absolute Gasteiger partial charge is 0.408 e. The van der Waals surface area contributed by atoms with Gasteiger partial charge < -0.3 is 25.7 Å². The normalized spacial score (nSPS) is 18.9. The maximum absolute atomic E-state index is 14.3. The maximum atomic E-state index is 14.3. The molecule has 46 heavy (non-hydrogen) atoms. The highest BCUT2D eigenvalue weighted by Crippen LogP contribution is 2.39. The van der Waals surface area contributed by atoms with E-state index < -0.39 is 66.0 Å². The van der Waals surface area contributed by atoms with Gasteiger partial charge in [0.05, 0.1) is 12.3 Å². The van der Waals surface area contributed by atoms with Crippen molar-refractivity contribution in [2.24, 2.45) is 10.5 Å². The quantitative estimate of drug-likeness (QED) is 0.271. The van der Waals surface area contributed by atoms with E-state index >= 15 is 0 Å². The number of hydrazone groups is 1. The standard InChI is InChI=1S/C30H34F4N6O6/c1-28(2,37-27(45)46)25(43)36-22(9-7-18-6-8-19(15-41)21(31)13-18)24(42)39-12-10-23-29(16-39,14-20-5-3-4-11-35-20)26(44)40(38-23)17-30(32,33)34/h3-6,8,11,13,22,37,41H,7,9-10,12,14-17H2,1-2H3,(H,36,43)(H,45,46). The largest absolute Gasteiger partial charge is 0.465 e. The third kappa shape index (κ3) is 7.78. The SMILES string of the molecule is CC(C)(NC(=O)O)C(=O)NC(CCc1ccc(CO)c(F)c1)C(=O)N1CCC2=NN(CC(F)(F)F)C(=O)C2(Cc2ccccn2)C1. The van der Waals surface area contributed by atoms with Crippen LogP contribution in [0.3, 0.4) is 0 Å². The number of halogens is 4. The van der Waals surface area contributed by atoms with Crippen molar-refractivity contribution in [2.75, 3.05) is 19.6 Å². The van der Waals surface area contributed by atoms with Crippen LogP contribution in [0.25, 0.3) is 0 Å². The molecule has 4 N–H and O–H groups in total. The summed E-state index contributed by atoms with van der Waals surface area (Å²) in [6.45, 7) is 0.0741. The van der Waals surface area contributed by atoms with E-state index in [4.69, 9.17) is 0 Å². The summed E-state index contributed by atoms with van der Waals surface area (Å²) in [5.74, 6) is -3.12. The predicted octanol–water partition coefficient (Wildman–Crippen LogP) is 2.40. The van der Waals surface area contributed by atoms with Crippen molar-refractivity contribution in [1.29, 1.82) is 0 Å². The molecule has 248 valence electrons. The minimum atomic E-state index is -4.73. The molecule has 1 saturated heterocycles. The van der Waals surface area contributed by atoms with E-state index in [0.717, 1.165) is 0 Å². The molecular formula is C30H34F4N6O6. The molecule has 0 saturated carbocycles. The molecule has 0 aliphatic carbocycles. The molecule has 0 bridgehead atoms. The first kappa shape index (κ1) is 34.3. The molecule has 2 unspecified atom stereocenters. The molecule has 2 atom stereocenters. The van der Waals surface area contributed by atoms with Crippen molar-refractivity contribution in [1.82, 2.24) is 25.5 Å². The Balaban J connectivity index is 1.64. The zero-order valence-electron chi connectivity index (χ0n) is 25.1. The predicted molar refractivity (Wildman–Crippen MR) is 155 cm³/mol. The average molecular weight is 651 g/mol. The number of aliphatic hydroxyl groups excluding tert-OH is 1. The molecule has 16 heteroatoms. The number of alkyl halides is 3. The monoisotopic (exact) mass is 650 g/mol. The molecule has 2 aliphatic rings. The fourth-order valence-corrected chi connectivity index (χ4v) is 5.59. The van der Waals surface area contributed by atoms with E-state index in [2.05, 4.69) is 20.7 Å². The van der Waals surface area contributed by atoms with Crippen LogP contribution in [0.2, 0.25) is 0 Å². The first-order valence-corrected chi connectivity index (χ1v) is 14.4. The van der Waals surface area contributed by atoms with Gasteiger partial charge in [0.2, 0.25) is 11.8 Å². The summed E-state index contributed by atoms with van der Waals surface area (Å²) in [6.07, 6.45) is -4.91. The number of carboxylic acid groups (broad SMARTS) is 1. The lowest BCUT2D eigenvalue weighted by molar-refractivity contribution is -0.164. The average Bonchev–Trinajstić information content (AvgIpc) is 3.23. The van der Waals surface area contributed by atoms with Crippen LogP contribution in [0.4, 0.5) is 22.4 Å². The number of likely N-dealkylation sites (tertiary alicyclic amines) is 1. The molecule has 12 nitrogen and oxygen atoms in total. The van der Waals surface area contributed by atoms with Gasteiger partial charge in [-0.15, -0.1) is 0 Å². The number of fused-ring (bicyclic) bond motifs is 1. The van der Waals surface area contributed by atoms with Gasteiger partial charge in [0.25, 0.3) is 5.91 Å². The minimum Gasteiger partial charge on any atom is -0.465 e. The van der Waals surface area contributed by atoms with Crippen molar-refractivity contribution in [2.45, 2.75) is 63.9 Å². The van der Waals surface area contributed by atoms with Crippen LogP contribution in [-0.2, 0) is 33.8 Å². The molecule has 2 aliphatic heterocycles. The van der Waals surface area contributed by atoms with E-state index in [1.807, 2.05) is 0 Å². The molecule has 2 aromatic rings. The van der Waals surface area contributed by atoms with E-state index in [0.29, 0.717) is 16.3 Å². The molecule has 0 radical (unpaired) electrons. The van der Waals surface area contributed by atoms with Crippen LogP contribution < -0.4 is 10.6 Å². The minimum absolute atomic E-state index is 0.0285. The van der Waals surface area contributed by atoms with Crippen LogP contribution in [0.5, 0.6) is 0 Å². The summed E-state index contributed by atoms with van der Waals surface area (Å²) in [5.41, 5.74) is -2.22. The summed E-state index contributed by atoms with van der Waals surface area (Å²) in [6, 6.07) is 7.71. The van der Waals surface area contributed by atoms with Gasteiger partial charge in [-0.05, 0) is 50.5 Å². The number of carbonyl (C=O) groups is 4. The van der Waals surface area contributed by atoms with E-state index in [1.165, 1.54) is 37.1 Å². The van der Waals surface area contributed by atoms with Crippen molar-refractivity contribution >= 4 is 29.5 Å². The Morgan fingerprint density at radius 3 is 2.50 bits per heavy atom. The van der Waals surface area contributed by atoms with Gasteiger partial charge in [0, 0.05) is 43.4 Å². The summed E-state index contributed by atoms with van der Waals surface area (Å²) in [4.78, 5) is 57.7. The first-order valence-electron chi connectivity index (χ1n) is 14.4. The van der Waals surface area contributed by atoms with Crippen molar-refractivity contribution < 1.29 is 47.0 Å². The fraction of sp³-hybridized carbons (Fsp3) is 0.467. The Labute approximate surface area is 261 Å². The highest BCUT2D eigenvalue weighted by atomic mass is 19.4. The molecule has 1 fully saturated rings. The molecule has 1 aromatic heterocycles. The third-order valence-electron chi connectivity index (χ3n) is 7.97. The Morgan fingerprint density at radius 2 is 1.89 bits per heavy atom. The topological polar surface area (TPSA) is 165 Å². The van der Waals surface area contributed by atoms with Gasteiger partial charge in [-0.3, -0.25) is 19.4 Å². The maximum Gasteiger partial charge on any atom is 0.408 e. The molecular weight excluding hydrogens is 616 g/mol. The van der Waals surface area contributed by atoms with Gasteiger partial charge in [0.15, 0.2) is 0 Å². The number of pyridine rings is 1. The highest BCUT2D eigenvalue weighted by Gasteiger charge is 2.56. The number of hydrogen-bond acceptors (Lipinski definition) is 7. The van der Waals surface area contributed by atoms with Crippen molar-refractivity contribution in [3.05, 3.63) is 65.2 Å². The number of benzene rings is 1. The summed E-state index contributed by atoms with van der Waals surface area (Å²) in [7, 11) is 0. The van der Waals surface area contributed by atoms with Crippen LogP contribution >= 0.6 is 0 Å². The van der Waals surface area contributed by atoms with Gasteiger partial charge >= 0.3 is 12.3 Å². The highest BCUT2D eigenvalue weighted by molar-refractivity contribution is 6.14. The fourth-order valence-electron chi connectivity index (χ4n) is 5.59.